The second-order valence-corrected chi connectivity index (χ2v) is 5.02. The summed E-state index contributed by atoms with van der Waals surface area (Å²) >= 11 is 1.70. The zero-order chi connectivity index (χ0) is 12.3. The minimum absolute atomic E-state index is 0.342. The fourth-order valence-electron chi connectivity index (χ4n) is 1.54. The molecule has 1 N–H and O–H groups in total. The Bertz CT molecular complexity index is 479. The predicted molar refractivity (Wildman–Crippen MR) is 63.1 cm³/mol. The van der Waals surface area contributed by atoms with Gasteiger partial charge in [0, 0.05) is 28.7 Å². The van der Waals surface area contributed by atoms with Gasteiger partial charge in [0.1, 0.15) is 5.82 Å². The van der Waals surface area contributed by atoms with Gasteiger partial charge < -0.3 is 5.32 Å². The van der Waals surface area contributed by atoms with Crippen molar-refractivity contribution in [2.45, 2.75) is 26.6 Å². The van der Waals surface area contributed by atoms with Crippen LogP contribution in [0, 0.1) is 6.92 Å². The first kappa shape index (κ1) is 12.2. The summed E-state index contributed by atoms with van der Waals surface area (Å²) in [6.45, 7) is 0.527. The lowest BCUT2D eigenvalue weighted by molar-refractivity contribution is 0.0666. The molecule has 2 aromatic heterocycles. The van der Waals surface area contributed by atoms with Crippen LogP contribution in [0.4, 0.5) is 8.78 Å². The molecule has 2 aromatic rings. The number of rotatable bonds is 5. The van der Waals surface area contributed by atoms with Gasteiger partial charge in [0.15, 0.2) is 0 Å². The van der Waals surface area contributed by atoms with Crippen LogP contribution in [0.15, 0.2) is 24.5 Å². The molecule has 0 atom stereocenters. The summed E-state index contributed by atoms with van der Waals surface area (Å²) in [7, 11) is 0. The number of aryl methyl sites for hydroxylation is 1. The van der Waals surface area contributed by atoms with E-state index in [9.17, 15) is 8.78 Å². The van der Waals surface area contributed by atoms with Gasteiger partial charge in [-0.2, -0.15) is 8.78 Å². The number of hydrogen-bond acceptors (Lipinski definition) is 3. The van der Waals surface area contributed by atoms with Crippen molar-refractivity contribution in [2.24, 2.45) is 0 Å². The molecule has 2 heterocycles. The highest BCUT2D eigenvalue weighted by molar-refractivity contribution is 7.11. The zero-order valence-corrected chi connectivity index (χ0v) is 10.2. The third-order valence-corrected chi connectivity index (χ3v) is 3.34. The number of thiophene rings is 1. The first-order valence-electron chi connectivity index (χ1n) is 5.22. The second kappa shape index (κ2) is 5.37. The summed E-state index contributed by atoms with van der Waals surface area (Å²) < 4.78 is 25.9. The molecule has 6 heteroatoms. The van der Waals surface area contributed by atoms with Crippen LogP contribution in [0.25, 0.3) is 0 Å². The first-order chi connectivity index (χ1) is 8.16. The lowest BCUT2D eigenvalue weighted by Crippen LogP contribution is -2.16. The van der Waals surface area contributed by atoms with Crippen LogP contribution >= 0.6 is 11.3 Å². The number of nitrogens with one attached hydrogen (secondary N) is 1. The third-order valence-electron chi connectivity index (χ3n) is 2.34. The maximum atomic E-state index is 12.5. The molecular weight excluding hydrogens is 244 g/mol. The minimum Gasteiger partial charge on any atom is -0.305 e. The maximum absolute atomic E-state index is 12.5. The Morgan fingerprint density at radius 3 is 2.88 bits per heavy atom. The van der Waals surface area contributed by atoms with Gasteiger partial charge in [0.25, 0.3) is 0 Å². The van der Waals surface area contributed by atoms with Crippen LogP contribution in [0.1, 0.15) is 22.1 Å². The Hall–Kier alpha value is -1.27. The standard InChI is InChI=1S/C11H13F2N3S/c1-8-2-3-9(17-8)6-14-7-10-15-4-5-16(10)11(12)13/h2-5,11,14H,6-7H2,1H3. The summed E-state index contributed by atoms with van der Waals surface area (Å²) in [5, 5.41) is 3.11. The van der Waals surface area contributed by atoms with Crippen molar-refractivity contribution in [1.82, 2.24) is 14.9 Å². The first-order valence-corrected chi connectivity index (χ1v) is 6.04. The number of nitrogens with zero attached hydrogens (tertiary/aromatic N) is 2. The highest BCUT2D eigenvalue weighted by atomic mass is 32.1. The van der Waals surface area contributed by atoms with E-state index in [2.05, 4.69) is 10.3 Å². The highest BCUT2D eigenvalue weighted by Crippen LogP contribution is 2.15. The molecule has 92 valence electrons. The summed E-state index contributed by atoms with van der Waals surface area (Å²) in [6, 6.07) is 4.08. The van der Waals surface area contributed by atoms with Crippen LogP contribution in [0.2, 0.25) is 0 Å². The Morgan fingerprint density at radius 2 is 2.24 bits per heavy atom. The molecule has 0 aliphatic rings. The van der Waals surface area contributed by atoms with Gasteiger partial charge in [-0.1, -0.05) is 0 Å². The van der Waals surface area contributed by atoms with Crippen molar-refractivity contribution in [2.75, 3.05) is 0 Å². The zero-order valence-electron chi connectivity index (χ0n) is 9.36. The molecule has 0 spiro atoms. The third kappa shape index (κ3) is 3.10. The fourth-order valence-corrected chi connectivity index (χ4v) is 2.40. The minimum atomic E-state index is -2.53. The Labute approximate surface area is 102 Å². The molecule has 0 saturated heterocycles. The SMILES string of the molecule is Cc1ccc(CNCc2nccn2C(F)F)s1. The van der Waals surface area contributed by atoms with E-state index in [1.54, 1.807) is 11.3 Å². The van der Waals surface area contributed by atoms with Crippen molar-refractivity contribution < 1.29 is 8.78 Å². The van der Waals surface area contributed by atoms with Crippen molar-refractivity contribution in [3.05, 3.63) is 40.1 Å². The summed E-state index contributed by atoms with van der Waals surface area (Å²) in [5.41, 5.74) is 0. The van der Waals surface area contributed by atoms with E-state index in [-0.39, 0.29) is 0 Å². The summed E-state index contributed by atoms with van der Waals surface area (Å²) in [6.07, 6.45) is 2.68. The van der Waals surface area contributed by atoms with E-state index >= 15 is 0 Å². The van der Waals surface area contributed by atoms with Crippen LogP contribution in [0.3, 0.4) is 0 Å². The van der Waals surface area contributed by atoms with Gasteiger partial charge in [0.05, 0.1) is 6.54 Å². The van der Waals surface area contributed by atoms with Gasteiger partial charge >= 0.3 is 6.55 Å². The molecule has 17 heavy (non-hydrogen) atoms. The van der Waals surface area contributed by atoms with Crippen molar-refractivity contribution in [3.8, 4) is 0 Å². The van der Waals surface area contributed by atoms with E-state index < -0.39 is 6.55 Å². The van der Waals surface area contributed by atoms with Crippen LogP contribution in [-0.2, 0) is 13.1 Å². The number of hydrogen-bond donors (Lipinski definition) is 1. The Kier molecular flexibility index (Phi) is 3.86. The van der Waals surface area contributed by atoms with E-state index in [0.717, 1.165) is 4.57 Å². The largest absolute Gasteiger partial charge is 0.319 e. The molecule has 0 fully saturated rings. The summed E-state index contributed by atoms with van der Waals surface area (Å²) in [5.74, 6) is 0.355. The van der Waals surface area contributed by atoms with Crippen LogP contribution in [-0.4, -0.2) is 9.55 Å². The van der Waals surface area contributed by atoms with E-state index in [1.807, 2.05) is 19.1 Å². The quantitative estimate of drug-likeness (QED) is 0.892. The molecule has 0 saturated carbocycles. The molecule has 0 aromatic carbocycles. The normalized spacial score (nSPS) is 11.3. The fraction of sp³-hybridized carbons (Fsp3) is 0.364. The molecule has 0 bridgehead atoms. The second-order valence-electron chi connectivity index (χ2n) is 3.64. The van der Waals surface area contributed by atoms with Gasteiger partial charge in [0.2, 0.25) is 0 Å². The smallest absolute Gasteiger partial charge is 0.305 e. The molecule has 0 unspecified atom stereocenters. The van der Waals surface area contributed by atoms with Gasteiger partial charge in [-0.25, -0.2) is 4.98 Å². The number of aromatic nitrogens is 2. The number of imidazole rings is 1. The van der Waals surface area contributed by atoms with Gasteiger partial charge in [-0.05, 0) is 19.1 Å². The van der Waals surface area contributed by atoms with Crippen molar-refractivity contribution >= 4 is 11.3 Å². The van der Waals surface area contributed by atoms with Crippen molar-refractivity contribution in [1.29, 1.82) is 0 Å². The average Bonchev–Trinajstić information content (AvgIpc) is 2.87. The van der Waals surface area contributed by atoms with E-state index in [1.165, 1.54) is 22.1 Å². The topological polar surface area (TPSA) is 29.9 Å². The molecule has 0 aliphatic carbocycles. The average molecular weight is 257 g/mol. The number of alkyl halides is 2. The highest BCUT2D eigenvalue weighted by Gasteiger charge is 2.10. The monoisotopic (exact) mass is 257 g/mol. The van der Waals surface area contributed by atoms with E-state index in [0.29, 0.717) is 18.9 Å². The summed E-state index contributed by atoms with van der Waals surface area (Å²) in [4.78, 5) is 6.34. The Balaban J connectivity index is 1.88. The molecule has 0 radical (unpaired) electrons. The molecule has 0 amide bonds. The van der Waals surface area contributed by atoms with E-state index in [4.69, 9.17) is 0 Å². The van der Waals surface area contributed by atoms with Gasteiger partial charge in [-0.3, -0.25) is 4.57 Å². The molecular formula is C11H13F2N3S. The lowest BCUT2D eigenvalue weighted by Gasteiger charge is -2.06. The molecule has 0 aliphatic heterocycles. The van der Waals surface area contributed by atoms with Crippen LogP contribution < -0.4 is 5.32 Å². The molecule has 2 rings (SSSR count). The molecule has 3 nitrogen and oxygen atoms in total. The van der Waals surface area contributed by atoms with Crippen LogP contribution in [0.5, 0.6) is 0 Å². The van der Waals surface area contributed by atoms with Gasteiger partial charge in [-0.15, -0.1) is 11.3 Å². The van der Waals surface area contributed by atoms with Crippen molar-refractivity contribution in [3.63, 3.8) is 0 Å². The maximum Gasteiger partial charge on any atom is 0.319 e. The number of halogens is 2. The Morgan fingerprint density at radius 1 is 1.41 bits per heavy atom. The predicted octanol–water partition coefficient (Wildman–Crippen LogP) is 2.94. The lowest BCUT2D eigenvalue weighted by atomic mass is 10.4.